The maximum Gasteiger partial charge on any atom is 0.313 e. The van der Waals surface area contributed by atoms with Gasteiger partial charge in [0.1, 0.15) is 5.75 Å². The van der Waals surface area contributed by atoms with Crippen LogP contribution < -0.4 is 5.73 Å². The van der Waals surface area contributed by atoms with Crippen molar-refractivity contribution in [2.45, 2.75) is 33.7 Å². The van der Waals surface area contributed by atoms with Crippen LogP contribution in [0.15, 0.2) is 12.1 Å². The van der Waals surface area contributed by atoms with Crippen molar-refractivity contribution < 1.29 is 14.6 Å². The van der Waals surface area contributed by atoms with Gasteiger partial charge in [-0.25, -0.2) is 0 Å². The molecule has 1 aromatic carbocycles. The van der Waals surface area contributed by atoms with E-state index in [1.807, 2.05) is 13.8 Å². The number of aryl methyl sites for hydroxylation is 2. The first kappa shape index (κ1) is 17.7. The summed E-state index contributed by atoms with van der Waals surface area (Å²) in [6, 6.07) is 2.82. The third-order valence-electron chi connectivity index (χ3n) is 3.38. The Kier molecular flexibility index (Phi) is 5.84. The highest BCUT2D eigenvalue weighted by Gasteiger charge is 2.37. The molecule has 0 saturated heterocycles. The van der Waals surface area contributed by atoms with Gasteiger partial charge in [-0.05, 0) is 56.5 Å². The number of carbonyl (C=O) groups is 1. The van der Waals surface area contributed by atoms with E-state index in [2.05, 4.69) is 0 Å². The first-order valence-electron chi connectivity index (χ1n) is 5.86. The number of esters is 1. The number of hydrogen-bond acceptors (Lipinski definition) is 4. The van der Waals surface area contributed by atoms with Crippen molar-refractivity contribution >= 4 is 18.4 Å². The van der Waals surface area contributed by atoms with E-state index >= 15 is 0 Å². The number of halogens is 1. The molecule has 1 atom stereocenters. The largest absolute Gasteiger partial charge is 0.508 e. The summed E-state index contributed by atoms with van der Waals surface area (Å²) in [7, 11) is 1.35. The Labute approximate surface area is 120 Å². The molecular formula is C14H22ClNO3. The van der Waals surface area contributed by atoms with Gasteiger partial charge in [-0.2, -0.15) is 0 Å². The zero-order chi connectivity index (χ0) is 14.1. The molecule has 0 heterocycles. The van der Waals surface area contributed by atoms with Crippen LogP contribution in [-0.2, 0) is 9.53 Å². The van der Waals surface area contributed by atoms with Crippen molar-refractivity contribution in [3.63, 3.8) is 0 Å². The number of nitrogens with two attached hydrogens (primary N) is 1. The van der Waals surface area contributed by atoms with Crippen molar-refractivity contribution in [1.29, 1.82) is 0 Å². The zero-order valence-electron chi connectivity index (χ0n) is 12.0. The monoisotopic (exact) mass is 287 g/mol. The predicted molar refractivity (Wildman–Crippen MR) is 77.6 cm³/mol. The Morgan fingerprint density at radius 2 is 1.74 bits per heavy atom. The minimum Gasteiger partial charge on any atom is -0.508 e. The van der Waals surface area contributed by atoms with E-state index < -0.39 is 11.5 Å². The third-order valence-corrected chi connectivity index (χ3v) is 3.38. The lowest BCUT2D eigenvalue weighted by molar-refractivity contribution is -0.152. The van der Waals surface area contributed by atoms with Gasteiger partial charge in [0.2, 0.25) is 0 Å². The lowest BCUT2D eigenvalue weighted by Crippen LogP contribution is -2.38. The molecule has 0 saturated carbocycles. The predicted octanol–water partition coefficient (Wildman–Crippen LogP) is 2.63. The maximum absolute atomic E-state index is 11.8. The summed E-state index contributed by atoms with van der Waals surface area (Å²) in [6.07, 6.45) is 0. The van der Waals surface area contributed by atoms with Gasteiger partial charge >= 0.3 is 5.97 Å². The summed E-state index contributed by atoms with van der Waals surface area (Å²) in [6.45, 7) is 7.26. The number of ether oxygens (including phenoxy) is 1. The molecular weight excluding hydrogens is 266 g/mol. The quantitative estimate of drug-likeness (QED) is 0.838. The molecule has 108 valence electrons. The highest BCUT2D eigenvalue weighted by molar-refractivity contribution is 5.85. The van der Waals surface area contributed by atoms with E-state index in [1.165, 1.54) is 7.11 Å². The molecule has 0 amide bonds. The maximum atomic E-state index is 11.8. The van der Waals surface area contributed by atoms with Gasteiger partial charge in [0.15, 0.2) is 0 Å². The van der Waals surface area contributed by atoms with E-state index in [1.54, 1.807) is 26.0 Å². The fraction of sp³-hybridized carbons (Fsp3) is 0.500. The second kappa shape index (κ2) is 6.26. The number of phenolic OH excluding ortho intramolecular Hbond substituents is 1. The van der Waals surface area contributed by atoms with Crippen molar-refractivity contribution in [3.05, 3.63) is 28.8 Å². The summed E-state index contributed by atoms with van der Waals surface area (Å²) in [5.41, 5.74) is 8.02. The van der Waals surface area contributed by atoms with Gasteiger partial charge in [-0.15, -0.1) is 12.4 Å². The fourth-order valence-electron chi connectivity index (χ4n) is 2.19. The Morgan fingerprint density at radius 3 is 2.11 bits per heavy atom. The topological polar surface area (TPSA) is 72.5 Å². The number of aromatic hydroxyl groups is 1. The highest BCUT2D eigenvalue weighted by Crippen LogP contribution is 2.36. The standard InChI is InChI=1S/C14H21NO3.ClH/c1-8-6-10(16)7-9(2)11(8)12(15)14(3,4)13(17)18-5;/h6-7,12,16H,15H2,1-5H3;1H/t12-;/m1./s1. The van der Waals surface area contributed by atoms with Crippen LogP contribution in [0.3, 0.4) is 0 Å². The SMILES string of the molecule is COC(=O)C(C)(C)[C@H](N)c1c(C)cc(O)cc1C.Cl. The van der Waals surface area contributed by atoms with E-state index in [4.69, 9.17) is 10.5 Å². The number of hydrogen-bond donors (Lipinski definition) is 2. The molecule has 0 aliphatic rings. The molecule has 0 aromatic heterocycles. The molecule has 19 heavy (non-hydrogen) atoms. The molecule has 1 rings (SSSR count). The summed E-state index contributed by atoms with van der Waals surface area (Å²) in [5, 5.41) is 9.53. The van der Waals surface area contributed by atoms with Gasteiger partial charge in [-0.3, -0.25) is 4.79 Å². The van der Waals surface area contributed by atoms with Crippen molar-refractivity contribution in [3.8, 4) is 5.75 Å². The number of carbonyl (C=O) groups excluding carboxylic acids is 1. The van der Waals surface area contributed by atoms with Crippen molar-refractivity contribution in [1.82, 2.24) is 0 Å². The van der Waals surface area contributed by atoms with Gasteiger partial charge in [0.05, 0.1) is 12.5 Å². The van der Waals surface area contributed by atoms with Crippen molar-refractivity contribution in [2.24, 2.45) is 11.1 Å². The van der Waals surface area contributed by atoms with Crippen LogP contribution in [0.5, 0.6) is 5.75 Å². The molecule has 0 radical (unpaired) electrons. The van der Waals surface area contributed by atoms with Crippen LogP contribution in [0.25, 0.3) is 0 Å². The van der Waals surface area contributed by atoms with Gasteiger partial charge in [0.25, 0.3) is 0 Å². The molecule has 0 aliphatic carbocycles. The molecule has 0 aliphatic heterocycles. The summed E-state index contributed by atoms with van der Waals surface area (Å²) in [5.74, 6) is -0.140. The lowest BCUT2D eigenvalue weighted by Gasteiger charge is -2.31. The number of rotatable bonds is 3. The summed E-state index contributed by atoms with van der Waals surface area (Å²) >= 11 is 0. The molecule has 1 aromatic rings. The van der Waals surface area contributed by atoms with Crippen LogP contribution in [0.4, 0.5) is 0 Å². The minimum atomic E-state index is -0.818. The van der Waals surface area contributed by atoms with Gasteiger partial charge in [-0.1, -0.05) is 0 Å². The normalized spacial score (nSPS) is 12.5. The van der Waals surface area contributed by atoms with E-state index in [0.717, 1.165) is 16.7 Å². The average molecular weight is 288 g/mol. The Bertz CT molecular complexity index is 449. The van der Waals surface area contributed by atoms with Gasteiger partial charge < -0.3 is 15.6 Å². The number of phenols is 1. The lowest BCUT2D eigenvalue weighted by atomic mass is 9.78. The fourth-order valence-corrected chi connectivity index (χ4v) is 2.19. The summed E-state index contributed by atoms with van der Waals surface area (Å²) < 4.78 is 4.79. The number of benzene rings is 1. The Morgan fingerprint density at radius 1 is 1.32 bits per heavy atom. The van der Waals surface area contributed by atoms with Crippen molar-refractivity contribution in [2.75, 3.05) is 7.11 Å². The molecule has 0 spiro atoms. The van der Waals surface area contributed by atoms with Crippen LogP contribution >= 0.6 is 12.4 Å². The van der Waals surface area contributed by atoms with Crippen LogP contribution in [0, 0.1) is 19.3 Å². The van der Waals surface area contributed by atoms with E-state index in [-0.39, 0.29) is 24.1 Å². The molecule has 0 bridgehead atoms. The highest BCUT2D eigenvalue weighted by atomic mass is 35.5. The van der Waals surface area contributed by atoms with Crippen LogP contribution in [-0.4, -0.2) is 18.2 Å². The number of methoxy groups -OCH3 is 1. The molecule has 0 fully saturated rings. The Hall–Kier alpha value is -1.26. The van der Waals surface area contributed by atoms with E-state index in [9.17, 15) is 9.90 Å². The van der Waals surface area contributed by atoms with Crippen LogP contribution in [0.1, 0.15) is 36.6 Å². The van der Waals surface area contributed by atoms with Crippen LogP contribution in [0.2, 0.25) is 0 Å². The smallest absolute Gasteiger partial charge is 0.313 e. The van der Waals surface area contributed by atoms with Gasteiger partial charge in [0, 0.05) is 6.04 Å². The molecule has 0 unspecified atom stereocenters. The summed E-state index contributed by atoms with van der Waals surface area (Å²) in [4.78, 5) is 11.8. The average Bonchev–Trinajstić information content (AvgIpc) is 2.26. The first-order chi connectivity index (χ1) is 8.21. The Balaban J connectivity index is 0.00000324. The zero-order valence-corrected chi connectivity index (χ0v) is 12.8. The second-order valence-corrected chi connectivity index (χ2v) is 5.18. The second-order valence-electron chi connectivity index (χ2n) is 5.18. The molecule has 5 heteroatoms. The molecule has 4 nitrogen and oxygen atoms in total. The molecule has 3 N–H and O–H groups in total. The van der Waals surface area contributed by atoms with E-state index in [0.29, 0.717) is 0 Å². The minimum absolute atomic E-state index is 0. The third kappa shape index (κ3) is 3.39. The first-order valence-corrected chi connectivity index (χ1v) is 5.86.